The highest BCUT2D eigenvalue weighted by atomic mass is 35.5. The molecule has 0 atom stereocenters. The van der Waals surface area contributed by atoms with Crippen molar-refractivity contribution in [1.82, 2.24) is 4.57 Å². The zero-order valence-electron chi connectivity index (χ0n) is 16.8. The van der Waals surface area contributed by atoms with Crippen molar-refractivity contribution in [1.29, 1.82) is 0 Å². The quantitative estimate of drug-likeness (QED) is 0.427. The van der Waals surface area contributed by atoms with Crippen LogP contribution in [-0.4, -0.2) is 17.6 Å². The molecule has 0 aliphatic carbocycles. The predicted molar refractivity (Wildman–Crippen MR) is 126 cm³/mol. The molecule has 5 nitrogen and oxygen atoms in total. The Balaban J connectivity index is 1.95. The lowest BCUT2D eigenvalue weighted by Crippen LogP contribution is -2.21. The zero-order chi connectivity index (χ0) is 22.1. The average molecular weight is 453 g/mol. The number of hydrogen-bond donors (Lipinski definition) is 1. The second-order valence-corrected chi connectivity index (χ2v) is 7.78. The maximum atomic E-state index is 13.5. The van der Waals surface area contributed by atoms with E-state index in [1.807, 2.05) is 18.2 Å². The number of pyridine rings is 1. The molecule has 0 unspecified atom stereocenters. The van der Waals surface area contributed by atoms with Crippen LogP contribution < -0.4 is 15.5 Å². The second-order valence-electron chi connectivity index (χ2n) is 6.94. The Kier molecular flexibility index (Phi) is 5.72. The summed E-state index contributed by atoms with van der Waals surface area (Å²) in [5.41, 5.74) is 1.74. The molecule has 0 spiro atoms. The number of carbonyl (C=O) groups is 1. The molecular weight excluding hydrogens is 435 g/mol. The highest BCUT2D eigenvalue weighted by molar-refractivity contribution is 6.37. The lowest BCUT2D eigenvalue weighted by Gasteiger charge is -2.19. The van der Waals surface area contributed by atoms with Gasteiger partial charge in [-0.25, -0.2) is 0 Å². The van der Waals surface area contributed by atoms with Crippen LogP contribution in [0.25, 0.3) is 22.0 Å². The first-order chi connectivity index (χ1) is 14.9. The van der Waals surface area contributed by atoms with E-state index in [4.69, 9.17) is 27.9 Å². The monoisotopic (exact) mass is 452 g/mol. The highest BCUT2D eigenvalue weighted by Crippen LogP contribution is 2.31. The van der Waals surface area contributed by atoms with E-state index < -0.39 is 5.91 Å². The van der Waals surface area contributed by atoms with Crippen molar-refractivity contribution in [3.05, 3.63) is 92.6 Å². The van der Waals surface area contributed by atoms with Gasteiger partial charge < -0.3 is 14.6 Å². The molecule has 156 valence electrons. The molecule has 1 aromatic heterocycles. The largest absolute Gasteiger partial charge is 0.497 e. The number of aryl methyl sites for hydroxylation is 1. The summed E-state index contributed by atoms with van der Waals surface area (Å²) in [7, 11) is 3.35. The highest BCUT2D eigenvalue weighted by Gasteiger charge is 2.20. The molecule has 0 bridgehead atoms. The maximum Gasteiger partial charge on any atom is 0.258 e. The molecular formula is C24H18Cl2N2O3. The number of benzene rings is 3. The topological polar surface area (TPSA) is 60.3 Å². The van der Waals surface area contributed by atoms with E-state index in [-0.39, 0.29) is 16.0 Å². The van der Waals surface area contributed by atoms with Crippen molar-refractivity contribution in [2.45, 2.75) is 0 Å². The third-order valence-electron chi connectivity index (χ3n) is 5.08. The van der Waals surface area contributed by atoms with E-state index >= 15 is 0 Å². The van der Waals surface area contributed by atoms with E-state index in [1.54, 1.807) is 61.2 Å². The molecule has 1 N–H and O–H groups in total. The first-order valence-corrected chi connectivity index (χ1v) is 10.2. The fraction of sp³-hybridized carbons (Fsp3) is 0.0833. The molecule has 7 heteroatoms. The summed E-state index contributed by atoms with van der Waals surface area (Å²) in [6.07, 6.45) is 0. The normalized spacial score (nSPS) is 10.8. The molecule has 0 radical (unpaired) electrons. The van der Waals surface area contributed by atoms with Gasteiger partial charge in [0.15, 0.2) is 5.43 Å². The number of aromatic nitrogens is 1. The zero-order valence-corrected chi connectivity index (χ0v) is 18.3. The molecule has 1 amide bonds. The van der Waals surface area contributed by atoms with Gasteiger partial charge in [0.05, 0.1) is 28.8 Å². The SMILES string of the molecule is COc1cccc(-c2c(NC(=O)c3ccc(Cl)cc3Cl)n(C)c3ccccc3c2=O)c1. The van der Waals surface area contributed by atoms with Gasteiger partial charge in [-0.3, -0.25) is 9.59 Å². The fourth-order valence-electron chi connectivity index (χ4n) is 3.53. The first-order valence-electron chi connectivity index (χ1n) is 9.43. The van der Waals surface area contributed by atoms with Crippen molar-refractivity contribution >= 4 is 45.8 Å². The number of ether oxygens (including phenoxy) is 1. The summed E-state index contributed by atoms with van der Waals surface area (Å²) >= 11 is 12.2. The molecule has 0 fully saturated rings. The van der Waals surface area contributed by atoms with Gasteiger partial charge in [-0.2, -0.15) is 0 Å². The van der Waals surface area contributed by atoms with Gasteiger partial charge in [-0.05, 0) is 48.0 Å². The Labute approximate surface area is 188 Å². The number of fused-ring (bicyclic) bond motifs is 1. The molecule has 0 aliphatic rings. The maximum absolute atomic E-state index is 13.5. The summed E-state index contributed by atoms with van der Waals surface area (Å²) < 4.78 is 7.11. The fourth-order valence-corrected chi connectivity index (χ4v) is 4.02. The summed E-state index contributed by atoms with van der Waals surface area (Å²) in [6, 6.07) is 19.0. The lowest BCUT2D eigenvalue weighted by atomic mass is 10.0. The van der Waals surface area contributed by atoms with Crippen LogP contribution in [0.5, 0.6) is 5.75 Å². The number of methoxy groups -OCH3 is 1. The van der Waals surface area contributed by atoms with E-state index in [0.29, 0.717) is 38.6 Å². The van der Waals surface area contributed by atoms with Crippen molar-refractivity contribution < 1.29 is 9.53 Å². The van der Waals surface area contributed by atoms with Crippen LogP contribution in [0.15, 0.2) is 71.5 Å². The van der Waals surface area contributed by atoms with Gasteiger partial charge in [0.25, 0.3) is 5.91 Å². The van der Waals surface area contributed by atoms with Gasteiger partial charge in [0.1, 0.15) is 11.6 Å². The molecule has 4 aromatic rings. The number of para-hydroxylation sites is 1. The minimum Gasteiger partial charge on any atom is -0.497 e. The summed E-state index contributed by atoms with van der Waals surface area (Å²) in [5.74, 6) is 0.509. The van der Waals surface area contributed by atoms with Gasteiger partial charge >= 0.3 is 0 Å². The van der Waals surface area contributed by atoms with Crippen LogP contribution >= 0.6 is 23.2 Å². The number of carbonyl (C=O) groups excluding carboxylic acids is 1. The third kappa shape index (κ3) is 3.90. The number of halogens is 2. The Hall–Kier alpha value is -3.28. The minimum absolute atomic E-state index is 0.195. The van der Waals surface area contributed by atoms with Gasteiger partial charge in [0, 0.05) is 17.5 Å². The van der Waals surface area contributed by atoms with Crippen LogP contribution in [0.4, 0.5) is 5.82 Å². The van der Waals surface area contributed by atoms with Crippen molar-refractivity contribution in [2.75, 3.05) is 12.4 Å². The van der Waals surface area contributed by atoms with Crippen molar-refractivity contribution in [3.8, 4) is 16.9 Å². The van der Waals surface area contributed by atoms with Gasteiger partial charge in [-0.15, -0.1) is 0 Å². The smallest absolute Gasteiger partial charge is 0.258 e. The average Bonchev–Trinajstić information content (AvgIpc) is 2.77. The van der Waals surface area contributed by atoms with Crippen LogP contribution in [0, 0.1) is 0 Å². The molecule has 0 aliphatic heterocycles. The third-order valence-corrected chi connectivity index (χ3v) is 5.62. The molecule has 4 rings (SSSR count). The summed E-state index contributed by atoms with van der Waals surface area (Å²) in [5, 5.41) is 4.08. The van der Waals surface area contributed by atoms with E-state index in [2.05, 4.69) is 5.32 Å². The summed E-state index contributed by atoms with van der Waals surface area (Å²) in [4.78, 5) is 26.6. The Morgan fingerprint density at radius 2 is 1.77 bits per heavy atom. The van der Waals surface area contributed by atoms with E-state index in [1.165, 1.54) is 6.07 Å². The van der Waals surface area contributed by atoms with E-state index in [0.717, 1.165) is 0 Å². The second kappa shape index (κ2) is 8.46. The lowest BCUT2D eigenvalue weighted by molar-refractivity contribution is 0.102. The van der Waals surface area contributed by atoms with Crippen molar-refractivity contribution in [2.24, 2.45) is 7.05 Å². The Morgan fingerprint density at radius 3 is 2.52 bits per heavy atom. The standard InChI is InChI=1S/C24H18Cl2N2O3/c1-28-20-9-4-3-8-18(20)22(29)21(14-6-5-7-16(12-14)31-2)23(28)27-24(30)17-11-10-15(25)13-19(17)26/h3-13H,1-2H3,(H,27,30). The number of rotatable bonds is 4. The molecule has 1 heterocycles. The first kappa shape index (κ1) is 21.0. The Bertz CT molecular complexity index is 1380. The molecule has 31 heavy (non-hydrogen) atoms. The minimum atomic E-state index is -0.448. The van der Waals surface area contributed by atoms with Crippen LogP contribution in [0.1, 0.15) is 10.4 Å². The van der Waals surface area contributed by atoms with E-state index in [9.17, 15) is 9.59 Å². The number of nitrogens with one attached hydrogen (secondary N) is 1. The van der Waals surface area contributed by atoms with Crippen LogP contribution in [0.2, 0.25) is 10.0 Å². The number of nitrogens with zero attached hydrogens (tertiary/aromatic N) is 1. The number of amides is 1. The number of hydrogen-bond acceptors (Lipinski definition) is 3. The molecule has 0 saturated carbocycles. The van der Waals surface area contributed by atoms with Gasteiger partial charge in [-0.1, -0.05) is 47.5 Å². The Morgan fingerprint density at radius 1 is 1.00 bits per heavy atom. The molecule has 3 aromatic carbocycles. The van der Waals surface area contributed by atoms with Crippen LogP contribution in [0.3, 0.4) is 0 Å². The van der Waals surface area contributed by atoms with Gasteiger partial charge in [0.2, 0.25) is 0 Å². The summed E-state index contributed by atoms with van der Waals surface area (Å²) in [6.45, 7) is 0. The molecule has 0 saturated heterocycles. The predicted octanol–water partition coefficient (Wildman–Crippen LogP) is 5.77. The van der Waals surface area contributed by atoms with Crippen molar-refractivity contribution in [3.63, 3.8) is 0 Å². The number of anilines is 1. The van der Waals surface area contributed by atoms with Crippen LogP contribution in [-0.2, 0) is 7.05 Å².